The van der Waals surface area contributed by atoms with Gasteiger partial charge in [-0.1, -0.05) is 46.8 Å². The van der Waals surface area contributed by atoms with Crippen LogP contribution in [-0.4, -0.2) is 22.8 Å². The normalized spacial score (nSPS) is 24.1. The van der Waals surface area contributed by atoms with Crippen LogP contribution >= 0.6 is 0 Å². The van der Waals surface area contributed by atoms with Crippen molar-refractivity contribution in [2.24, 2.45) is 22.1 Å². The minimum Gasteiger partial charge on any atom is -0.411 e. The van der Waals surface area contributed by atoms with E-state index in [1.54, 1.807) is 0 Å². The monoisotopic (exact) mass is 330 g/mol. The molecule has 24 heavy (non-hydrogen) atoms. The molecule has 0 spiro atoms. The largest absolute Gasteiger partial charge is 0.411 e. The van der Waals surface area contributed by atoms with Crippen LogP contribution in [0.15, 0.2) is 57.9 Å². The Kier molecular flexibility index (Phi) is 8.84. The van der Waals surface area contributed by atoms with Gasteiger partial charge in [0.05, 0.1) is 12.4 Å². The predicted octanol–water partition coefficient (Wildman–Crippen LogP) is 5.50. The highest BCUT2D eigenvalue weighted by molar-refractivity contribution is 5.78. The quantitative estimate of drug-likeness (QED) is 0.309. The third-order valence-corrected chi connectivity index (χ3v) is 4.73. The number of allylic oxidation sites excluding steroid dienone is 6. The van der Waals surface area contributed by atoms with E-state index < -0.39 is 0 Å². The van der Waals surface area contributed by atoms with E-state index in [2.05, 4.69) is 49.5 Å². The molecule has 2 aliphatic rings. The second-order valence-electron chi connectivity index (χ2n) is 6.68. The van der Waals surface area contributed by atoms with Crippen molar-refractivity contribution >= 4 is 12.4 Å². The summed E-state index contributed by atoms with van der Waals surface area (Å²) in [6.07, 6.45) is 13.6. The van der Waals surface area contributed by atoms with Gasteiger partial charge in [-0.05, 0) is 75.4 Å². The zero-order valence-corrected chi connectivity index (χ0v) is 14.9. The molecule has 4 heteroatoms. The Balaban J connectivity index is 0.000000240. The van der Waals surface area contributed by atoms with Crippen LogP contribution in [0, 0.1) is 11.8 Å². The van der Waals surface area contributed by atoms with Crippen LogP contribution in [0.4, 0.5) is 0 Å². The molecule has 0 aromatic heterocycles. The van der Waals surface area contributed by atoms with Gasteiger partial charge in [0.1, 0.15) is 0 Å². The Hall–Kier alpha value is -2.10. The fourth-order valence-electron chi connectivity index (χ4n) is 2.99. The van der Waals surface area contributed by atoms with Crippen LogP contribution in [0.2, 0.25) is 0 Å². The first kappa shape index (κ1) is 19.9. The summed E-state index contributed by atoms with van der Waals surface area (Å²) in [6.45, 7) is 12.0. The van der Waals surface area contributed by atoms with Crippen LogP contribution in [0.3, 0.4) is 0 Å². The Morgan fingerprint density at radius 2 is 1.29 bits per heavy atom. The maximum Gasteiger partial charge on any atom is 0.0690 e. The van der Waals surface area contributed by atoms with E-state index in [1.165, 1.54) is 23.6 Å². The van der Waals surface area contributed by atoms with Gasteiger partial charge in [0.25, 0.3) is 0 Å². The van der Waals surface area contributed by atoms with Crippen molar-refractivity contribution < 1.29 is 10.4 Å². The van der Waals surface area contributed by atoms with Gasteiger partial charge in [-0.3, -0.25) is 0 Å². The van der Waals surface area contributed by atoms with E-state index in [9.17, 15) is 0 Å². The first-order chi connectivity index (χ1) is 11.5. The smallest absolute Gasteiger partial charge is 0.0690 e. The van der Waals surface area contributed by atoms with Gasteiger partial charge in [-0.25, -0.2) is 0 Å². The lowest BCUT2D eigenvalue weighted by Crippen LogP contribution is -2.06. The molecule has 0 heterocycles. The number of oxime groups is 2. The molecule has 0 saturated carbocycles. The highest BCUT2D eigenvalue weighted by Gasteiger charge is 2.14. The minimum absolute atomic E-state index is 0.626. The average molecular weight is 330 g/mol. The van der Waals surface area contributed by atoms with Crippen molar-refractivity contribution in [3.8, 4) is 0 Å². The molecule has 2 rings (SSSR count). The second-order valence-corrected chi connectivity index (χ2v) is 6.68. The maximum atomic E-state index is 8.30. The van der Waals surface area contributed by atoms with E-state index in [4.69, 9.17) is 10.4 Å². The van der Waals surface area contributed by atoms with Gasteiger partial charge in [-0.2, -0.15) is 0 Å². The Labute approximate surface area is 145 Å². The molecule has 132 valence electrons. The SMILES string of the molecule is C=C(C)[C@@H]1CC=C(/C=N/O)CC1.C=C(C)[C@@H]1CC=C(/C=N/O)CC1. The number of hydrogen-bond donors (Lipinski definition) is 2. The van der Waals surface area contributed by atoms with Crippen molar-refractivity contribution in [2.45, 2.75) is 52.4 Å². The molecule has 4 nitrogen and oxygen atoms in total. The summed E-state index contributed by atoms with van der Waals surface area (Å²) in [5, 5.41) is 22.6. The molecule has 2 aliphatic carbocycles. The van der Waals surface area contributed by atoms with Crippen LogP contribution in [-0.2, 0) is 0 Å². The lowest BCUT2D eigenvalue weighted by atomic mass is 9.86. The molecule has 0 saturated heterocycles. The van der Waals surface area contributed by atoms with Crippen LogP contribution in [0.1, 0.15) is 52.4 Å². The lowest BCUT2D eigenvalue weighted by molar-refractivity contribution is 0.321. The Morgan fingerprint density at radius 1 is 0.917 bits per heavy atom. The van der Waals surface area contributed by atoms with Crippen molar-refractivity contribution in [1.29, 1.82) is 0 Å². The van der Waals surface area contributed by atoms with Gasteiger partial charge in [0.15, 0.2) is 0 Å². The van der Waals surface area contributed by atoms with Crippen LogP contribution < -0.4 is 0 Å². The Bertz CT molecular complexity index is 506. The van der Waals surface area contributed by atoms with E-state index in [0.29, 0.717) is 11.8 Å². The molecule has 0 bridgehead atoms. The van der Waals surface area contributed by atoms with Crippen LogP contribution in [0.5, 0.6) is 0 Å². The van der Waals surface area contributed by atoms with Gasteiger partial charge < -0.3 is 10.4 Å². The van der Waals surface area contributed by atoms with Crippen molar-refractivity contribution in [3.05, 3.63) is 47.6 Å². The first-order valence-electron chi connectivity index (χ1n) is 8.51. The summed E-state index contributed by atoms with van der Waals surface area (Å²) >= 11 is 0. The van der Waals surface area contributed by atoms with Gasteiger partial charge >= 0.3 is 0 Å². The van der Waals surface area contributed by atoms with Crippen molar-refractivity contribution in [2.75, 3.05) is 0 Å². The molecule has 0 unspecified atom stereocenters. The molecule has 2 atom stereocenters. The molecule has 0 aliphatic heterocycles. The van der Waals surface area contributed by atoms with E-state index in [1.807, 2.05) is 0 Å². The first-order valence-corrected chi connectivity index (χ1v) is 8.51. The summed E-state index contributed by atoms with van der Waals surface area (Å²) in [5.74, 6) is 1.25. The molecule has 0 aromatic rings. The Morgan fingerprint density at radius 3 is 1.50 bits per heavy atom. The lowest BCUT2D eigenvalue weighted by Gasteiger charge is -2.19. The molecular formula is C20H30N2O2. The summed E-state index contributed by atoms with van der Waals surface area (Å²) < 4.78 is 0. The third-order valence-electron chi connectivity index (χ3n) is 4.73. The van der Waals surface area contributed by atoms with Crippen molar-refractivity contribution in [1.82, 2.24) is 0 Å². The van der Waals surface area contributed by atoms with Gasteiger partial charge in [-0.15, -0.1) is 0 Å². The molecule has 0 aromatic carbocycles. The highest BCUT2D eigenvalue weighted by atomic mass is 16.4. The van der Waals surface area contributed by atoms with E-state index in [0.717, 1.165) is 49.7 Å². The topological polar surface area (TPSA) is 65.2 Å². The number of nitrogens with zero attached hydrogens (tertiary/aromatic N) is 2. The maximum absolute atomic E-state index is 8.30. The molecular weight excluding hydrogens is 300 g/mol. The predicted molar refractivity (Wildman–Crippen MR) is 101 cm³/mol. The van der Waals surface area contributed by atoms with Gasteiger partial charge in [0.2, 0.25) is 0 Å². The average Bonchev–Trinajstić information content (AvgIpc) is 2.57. The third kappa shape index (κ3) is 6.99. The molecule has 0 fully saturated rings. The standard InChI is InChI=1S/2C10H15NO/c2*1-8(2)10-5-3-9(4-6-10)7-11-12/h2*3,7,10,12H,1,4-6H2,2H3/b2*11-7+/t2*10-/m11/s1. The molecule has 2 N–H and O–H groups in total. The highest BCUT2D eigenvalue weighted by Crippen LogP contribution is 2.28. The number of hydrogen-bond acceptors (Lipinski definition) is 4. The fraction of sp³-hybridized carbons (Fsp3) is 0.500. The number of rotatable bonds is 4. The van der Waals surface area contributed by atoms with E-state index >= 15 is 0 Å². The fourth-order valence-corrected chi connectivity index (χ4v) is 2.99. The molecule has 0 radical (unpaired) electrons. The summed E-state index contributed by atoms with van der Waals surface area (Å²) in [5.41, 5.74) is 4.78. The van der Waals surface area contributed by atoms with E-state index in [-0.39, 0.29) is 0 Å². The second kappa shape index (κ2) is 10.6. The zero-order valence-electron chi connectivity index (χ0n) is 14.9. The zero-order chi connectivity index (χ0) is 17.9. The summed E-state index contributed by atoms with van der Waals surface area (Å²) in [4.78, 5) is 0. The summed E-state index contributed by atoms with van der Waals surface area (Å²) in [7, 11) is 0. The minimum atomic E-state index is 0.626. The molecule has 0 amide bonds. The summed E-state index contributed by atoms with van der Waals surface area (Å²) in [6, 6.07) is 0. The van der Waals surface area contributed by atoms with Gasteiger partial charge in [0, 0.05) is 0 Å². The van der Waals surface area contributed by atoms with Crippen LogP contribution in [0.25, 0.3) is 0 Å². The van der Waals surface area contributed by atoms with Crippen molar-refractivity contribution in [3.63, 3.8) is 0 Å².